The molecule has 116 valence electrons. The number of carbonyl (C=O) groups is 2. The summed E-state index contributed by atoms with van der Waals surface area (Å²) in [6, 6.07) is 2.60. The summed E-state index contributed by atoms with van der Waals surface area (Å²) in [5, 5.41) is 3.05. The molecule has 0 aliphatic rings. The smallest absolute Gasteiger partial charge is 0.252 e. The van der Waals surface area contributed by atoms with Crippen LogP contribution in [0.25, 0.3) is 0 Å². The zero-order valence-corrected chi connectivity index (χ0v) is 13.9. The number of halogens is 1. The molecule has 5 nitrogen and oxygen atoms in total. The molecule has 0 aliphatic heterocycles. The van der Waals surface area contributed by atoms with E-state index in [-0.39, 0.29) is 17.0 Å². The Kier molecular flexibility index (Phi) is 6.15. The molecule has 21 heavy (non-hydrogen) atoms. The first-order valence-electron chi connectivity index (χ1n) is 6.87. The molecular weight excluding hydrogens is 290 g/mol. The Morgan fingerprint density at radius 2 is 1.95 bits per heavy atom. The fraction of sp³-hybridized carbons (Fsp3) is 0.533. The average Bonchev–Trinajstić information content (AvgIpc) is 2.35. The van der Waals surface area contributed by atoms with Crippen molar-refractivity contribution in [3.63, 3.8) is 0 Å². The molecule has 1 aromatic heterocycles. The van der Waals surface area contributed by atoms with Gasteiger partial charge in [-0.2, -0.15) is 0 Å². The van der Waals surface area contributed by atoms with Crippen molar-refractivity contribution in [1.82, 2.24) is 15.2 Å². The van der Waals surface area contributed by atoms with Crippen molar-refractivity contribution in [3.05, 3.63) is 28.5 Å². The normalized spacial score (nSPS) is 12.1. The van der Waals surface area contributed by atoms with Crippen molar-refractivity contribution in [2.45, 2.75) is 33.2 Å². The van der Waals surface area contributed by atoms with Gasteiger partial charge in [0.05, 0.1) is 0 Å². The van der Waals surface area contributed by atoms with Crippen molar-refractivity contribution in [2.24, 2.45) is 5.92 Å². The van der Waals surface area contributed by atoms with Crippen LogP contribution in [0.1, 0.15) is 36.3 Å². The number of pyridine rings is 1. The van der Waals surface area contributed by atoms with E-state index in [1.165, 1.54) is 11.0 Å². The highest BCUT2D eigenvalue weighted by molar-refractivity contribution is 6.29. The van der Waals surface area contributed by atoms with E-state index in [0.717, 1.165) is 0 Å². The largest absolute Gasteiger partial charge is 0.347 e. The van der Waals surface area contributed by atoms with Crippen molar-refractivity contribution < 1.29 is 9.59 Å². The van der Waals surface area contributed by atoms with Gasteiger partial charge in [0.25, 0.3) is 5.91 Å². The summed E-state index contributed by atoms with van der Waals surface area (Å²) in [5.41, 5.74) is 1.07. The Bertz CT molecular complexity index is 509. The number of carbonyl (C=O) groups excluding carboxylic acids is 2. The van der Waals surface area contributed by atoms with Crippen LogP contribution in [0.15, 0.2) is 12.1 Å². The lowest BCUT2D eigenvalue weighted by atomic mass is 10.0. The summed E-state index contributed by atoms with van der Waals surface area (Å²) in [4.78, 5) is 30.0. The summed E-state index contributed by atoms with van der Waals surface area (Å²) >= 11 is 5.86. The quantitative estimate of drug-likeness (QED) is 0.849. The first-order chi connectivity index (χ1) is 9.70. The number of amides is 2. The fourth-order valence-electron chi connectivity index (χ4n) is 2.01. The van der Waals surface area contributed by atoms with Gasteiger partial charge in [-0.3, -0.25) is 9.59 Å². The minimum atomic E-state index is -0.542. The topological polar surface area (TPSA) is 62.3 Å². The summed E-state index contributed by atoms with van der Waals surface area (Å²) in [5.74, 6) is -0.140. The van der Waals surface area contributed by atoms with Gasteiger partial charge >= 0.3 is 0 Å². The minimum Gasteiger partial charge on any atom is -0.347 e. The molecule has 2 amide bonds. The Morgan fingerprint density at radius 1 is 1.33 bits per heavy atom. The molecule has 6 heteroatoms. The number of hydrogen-bond donors (Lipinski definition) is 1. The van der Waals surface area contributed by atoms with E-state index in [1.54, 1.807) is 27.1 Å². The summed E-state index contributed by atoms with van der Waals surface area (Å²) in [7, 11) is 3.35. The maximum atomic E-state index is 12.3. The lowest BCUT2D eigenvalue weighted by molar-refractivity contribution is -0.131. The molecule has 1 atom stereocenters. The molecule has 0 radical (unpaired) electrons. The summed E-state index contributed by atoms with van der Waals surface area (Å²) in [6.07, 6.45) is 0.584. The van der Waals surface area contributed by atoms with Crippen LogP contribution in [0.3, 0.4) is 0 Å². The van der Waals surface area contributed by atoms with E-state index in [1.807, 2.05) is 13.8 Å². The van der Waals surface area contributed by atoms with Crippen LogP contribution in [-0.2, 0) is 4.79 Å². The maximum Gasteiger partial charge on any atom is 0.252 e. The van der Waals surface area contributed by atoms with Crippen LogP contribution in [0.5, 0.6) is 0 Å². The van der Waals surface area contributed by atoms with Gasteiger partial charge in [-0.1, -0.05) is 25.4 Å². The number of aryl methyl sites for hydroxylation is 1. The molecule has 0 spiro atoms. The zero-order valence-electron chi connectivity index (χ0n) is 13.1. The highest BCUT2D eigenvalue weighted by Crippen LogP contribution is 2.12. The lowest BCUT2D eigenvalue weighted by Gasteiger charge is -2.23. The molecule has 1 heterocycles. The molecule has 0 saturated carbocycles. The molecule has 0 fully saturated rings. The number of hydrogen-bond acceptors (Lipinski definition) is 3. The van der Waals surface area contributed by atoms with Gasteiger partial charge in [-0.05, 0) is 31.4 Å². The van der Waals surface area contributed by atoms with Crippen molar-refractivity contribution in [2.75, 3.05) is 14.1 Å². The van der Waals surface area contributed by atoms with Crippen LogP contribution >= 0.6 is 11.6 Å². The number of nitrogens with one attached hydrogen (secondary N) is 1. The molecular formula is C15H22ClN3O2. The Labute approximate surface area is 130 Å². The van der Waals surface area contributed by atoms with Crippen molar-refractivity contribution >= 4 is 23.4 Å². The van der Waals surface area contributed by atoms with E-state index in [4.69, 9.17) is 11.6 Å². The predicted octanol–water partition coefficient (Wildman–Crippen LogP) is 2.28. The highest BCUT2D eigenvalue weighted by Gasteiger charge is 2.24. The molecule has 1 unspecified atom stereocenters. The van der Waals surface area contributed by atoms with Gasteiger partial charge in [-0.25, -0.2) is 4.98 Å². The predicted molar refractivity (Wildman–Crippen MR) is 83.4 cm³/mol. The van der Waals surface area contributed by atoms with Gasteiger partial charge in [-0.15, -0.1) is 0 Å². The van der Waals surface area contributed by atoms with Crippen LogP contribution < -0.4 is 5.32 Å². The molecule has 1 rings (SSSR count). The van der Waals surface area contributed by atoms with Crippen LogP contribution in [-0.4, -0.2) is 41.8 Å². The van der Waals surface area contributed by atoms with Crippen LogP contribution in [0, 0.1) is 12.8 Å². The van der Waals surface area contributed by atoms with Gasteiger partial charge in [0.15, 0.2) is 0 Å². The number of aromatic nitrogens is 1. The van der Waals surface area contributed by atoms with E-state index >= 15 is 0 Å². The number of rotatable bonds is 5. The molecule has 1 N–H and O–H groups in total. The third-order valence-corrected chi connectivity index (χ3v) is 3.13. The van der Waals surface area contributed by atoms with Gasteiger partial charge in [0, 0.05) is 25.4 Å². The number of nitrogens with zero attached hydrogens (tertiary/aromatic N) is 2. The van der Waals surface area contributed by atoms with Gasteiger partial charge in [0.1, 0.15) is 11.2 Å². The van der Waals surface area contributed by atoms with Crippen LogP contribution in [0.2, 0.25) is 5.15 Å². The van der Waals surface area contributed by atoms with Crippen molar-refractivity contribution in [3.8, 4) is 0 Å². The minimum absolute atomic E-state index is 0.117. The van der Waals surface area contributed by atoms with Gasteiger partial charge < -0.3 is 10.2 Å². The Morgan fingerprint density at radius 3 is 2.43 bits per heavy atom. The SMILES string of the molecule is Cc1cc(C(=O)NC(CC(C)C)C(=O)N(C)C)cc(Cl)n1. The first-order valence-corrected chi connectivity index (χ1v) is 7.24. The zero-order chi connectivity index (χ0) is 16.2. The molecule has 1 aromatic rings. The first kappa shape index (κ1) is 17.4. The third-order valence-electron chi connectivity index (χ3n) is 2.94. The summed E-state index contributed by atoms with van der Waals surface area (Å²) in [6.45, 7) is 5.78. The summed E-state index contributed by atoms with van der Waals surface area (Å²) < 4.78 is 0. The highest BCUT2D eigenvalue weighted by atomic mass is 35.5. The average molecular weight is 312 g/mol. The van der Waals surface area contributed by atoms with E-state index in [0.29, 0.717) is 23.6 Å². The van der Waals surface area contributed by atoms with Crippen LogP contribution in [0.4, 0.5) is 0 Å². The van der Waals surface area contributed by atoms with E-state index in [9.17, 15) is 9.59 Å². The maximum absolute atomic E-state index is 12.3. The second-order valence-electron chi connectivity index (χ2n) is 5.71. The Hall–Kier alpha value is -1.62. The molecule has 0 bridgehead atoms. The van der Waals surface area contributed by atoms with Crippen molar-refractivity contribution in [1.29, 1.82) is 0 Å². The Balaban J connectivity index is 2.91. The standard InChI is InChI=1S/C15H22ClN3O2/c1-9(2)6-12(15(21)19(4)5)18-14(20)11-7-10(3)17-13(16)8-11/h7-9,12H,6H2,1-5H3,(H,18,20). The third kappa shape index (κ3) is 5.34. The van der Waals surface area contributed by atoms with E-state index in [2.05, 4.69) is 10.3 Å². The molecule has 0 saturated heterocycles. The fourth-order valence-corrected chi connectivity index (χ4v) is 2.26. The van der Waals surface area contributed by atoms with E-state index < -0.39 is 6.04 Å². The molecule has 0 aliphatic carbocycles. The lowest BCUT2D eigenvalue weighted by Crippen LogP contribution is -2.46. The molecule has 0 aromatic carbocycles. The van der Waals surface area contributed by atoms with Gasteiger partial charge in [0.2, 0.25) is 5.91 Å². The number of likely N-dealkylation sites (N-methyl/N-ethyl adjacent to an activating group) is 1. The second-order valence-corrected chi connectivity index (χ2v) is 6.10. The second kappa shape index (κ2) is 7.41. The monoisotopic (exact) mass is 311 g/mol.